The van der Waals surface area contributed by atoms with Crippen LogP contribution in [0.5, 0.6) is 0 Å². The van der Waals surface area contributed by atoms with E-state index in [1.54, 1.807) is 6.20 Å². The van der Waals surface area contributed by atoms with Crippen LogP contribution >= 0.6 is 0 Å². The molecule has 0 radical (unpaired) electrons. The number of nitrogens with zero attached hydrogens (tertiary/aromatic N) is 3. The first kappa shape index (κ1) is 13.6. The first-order chi connectivity index (χ1) is 9.13. The van der Waals surface area contributed by atoms with Crippen LogP contribution in [0, 0.1) is 11.8 Å². The van der Waals surface area contributed by atoms with Gasteiger partial charge >= 0.3 is 0 Å². The molecule has 0 aliphatic carbocycles. The molecule has 1 aliphatic heterocycles. The molecule has 2 rings (SSSR count). The van der Waals surface area contributed by atoms with Crippen LogP contribution in [0.4, 0.5) is 5.69 Å². The van der Waals surface area contributed by atoms with Crippen molar-refractivity contribution in [3.05, 3.63) is 24.0 Å². The molecule has 104 valence electrons. The van der Waals surface area contributed by atoms with Crippen molar-refractivity contribution in [3.63, 3.8) is 0 Å². The summed E-state index contributed by atoms with van der Waals surface area (Å²) in [5, 5.41) is 11.9. The van der Waals surface area contributed by atoms with Crippen LogP contribution < -0.4 is 10.6 Å². The highest BCUT2D eigenvalue weighted by Crippen LogP contribution is 2.28. The molecule has 3 N–H and O–H groups in total. The van der Waals surface area contributed by atoms with E-state index >= 15 is 0 Å². The fourth-order valence-corrected chi connectivity index (χ4v) is 2.70. The van der Waals surface area contributed by atoms with Crippen LogP contribution in [0.1, 0.15) is 32.4 Å². The van der Waals surface area contributed by atoms with E-state index in [2.05, 4.69) is 28.9 Å². The number of amidine groups is 1. The molecular weight excluding hydrogens is 240 g/mol. The zero-order valence-electron chi connectivity index (χ0n) is 11.6. The van der Waals surface area contributed by atoms with Gasteiger partial charge in [0.2, 0.25) is 0 Å². The molecule has 5 heteroatoms. The topological polar surface area (TPSA) is 74.7 Å². The van der Waals surface area contributed by atoms with E-state index in [1.165, 1.54) is 12.8 Å². The van der Waals surface area contributed by atoms with Gasteiger partial charge in [0.15, 0.2) is 5.84 Å². The van der Waals surface area contributed by atoms with E-state index in [0.717, 1.165) is 30.6 Å². The minimum atomic E-state index is 0.0709. The Bertz CT molecular complexity index is 451. The van der Waals surface area contributed by atoms with Crippen LogP contribution in [0.25, 0.3) is 0 Å². The number of hydrogen-bond donors (Lipinski definition) is 2. The summed E-state index contributed by atoms with van der Waals surface area (Å²) in [5.41, 5.74) is 7.21. The lowest BCUT2D eigenvalue weighted by Gasteiger charge is -2.35. The summed E-state index contributed by atoms with van der Waals surface area (Å²) in [6.07, 6.45) is 4.03. The molecule has 2 heterocycles. The third-order valence-corrected chi connectivity index (χ3v) is 3.96. The second-order valence-corrected chi connectivity index (χ2v) is 5.42. The zero-order valence-corrected chi connectivity index (χ0v) is 11.6. The lowest BCUT2D eigenvalue weighted by Crippen LogP contribution is -2.36. The lowest BCUT2D eigenvalue weighted by atomic mass is 9.86. The maximum Gasteiger partial charge on any atom is 0.190 e. The summed E-state index contributed by atoms with van der Waals surface area (Å²) < 4.78 is 0. The monoisotopic (exact) mass is 262 g/mol. The second kappa shape index (κ2) is 5.91. The number of nitrogens with two attached hydrogens (primary N) is 1. The Hall–Kier alpha value is -1.78. The molecule has 1 aliphatic rings. The average Bonchev–Trinajstić information content (AvgIpc) is 2.46. The van der Waals surface area contributed by atoms with Crippen molar-refractivity contribution in [1.82, 2.24) is 4.98 Å². The van der Waals surface area contributed by atoms with Gasteiger partial charge in [-0.05, 0) is 36.8 Å². The van der Waals surface area contributed by atoms with Crippen molar-refractivity contribution < 1.29 is 5.21 Å². The molecule has 1 saturated heterocycles. The summed E-state index contributed by atoms with van der Waals surface area (Å²) in [4.78, 5) is 6.50. The molecule has 0 unspecified atom stereocenters. The Kier molecular flexibility index (Phi) is 4.24. The third kappa shape index (κ3) is 2.97. The lowest BCUT2D eigenvalue weighted by molar-refractivity contribution is 0.311. The van der Waals surface area contributed by atoms with Crippen molar-refractivity contribution in [2.45, 2.75) is 26.7 Å². The van der Waals surface area contributed by atoms with Crippen molar-refractivity contribution in [2.75, 3.05) is 18.0 Å². The smallest absolute Gasteiger partial charge is 0.190 e. The third-order valence-electron chi connectivity index (χ3n) is 3.96. The molecule has 19 heavy (non-hydrogen) atoms. The van der Waals surface area contributed by atoms with Crippen LogP contribution in [-0.4, -0.2) is 29.1 Å². The van der Waals surface area contributed by atoms with Gasteiger partial charge in [0.25, 0.3) is 0 Å². The van der Waals surface area contributed by atoms with Gasteiger partial charge in [-0.3, -0.25) is 4.98 Å². The fraction of sp³-hybridized carbons (Fsp3) is 0.571. The Morgan fingerprint density at radius 3 is 2.74 bits per heavy atom. The predicted molar refractivity (Wildman–Crippen MR) is 76.5 cm³/mol. The minimum Gasteiger partial charge on any atom is -0.409 e. The minimum absolute atomic E-state index is 0.0709. The molecule has 0 amide bonds. The molecular formula is C14H22N4O. The Morgan fingerprint density at radius 1 is 1.47 bits per heavy atom. The van der Waals surface area contributed by atoms with E-state index in [1.807, 2.05) is 12.1 Å². The van der Waals surface area contributed by atoms with Crippen molar-refractivity contribution in [1.29, 1.82) is 0 Å². The maximum atomic E-state index is 8.83. The summed E-state index contributed by atoms with van der Waals surface area (Å²) >= 11 is 0. The summed E-state index contributed by atoms with van der Waals surface area (Å²) in [6.45, 7) is 6.57. The summed E-state index contributed by atoms with van der Waals surface area (Å²) in [6, 6.07) is 3.87. The van der Waals surface area contributed by atoms with Gasteiger partial charge in [0.1, 0.15) is 5.69 Å². The highest BCUT2D eigenvalue weighted by Gasteiger charge is 2.23. The highest BCUT2D eigenvalue weighted by atomic mass is 16.4. The molecule has 0 saturated carbocycles. The second-order valence-electron chi connectivity index (χ2n) is 5.42. The first-order valence-electron chi connectivity index (χ1n) is 6.81. The number of anilines is 1. The molecule has 0 atom stereocenters. The van der Waals surface area contributed by atoms with Crippen LogP contribution in [0.3, 0.4) is 0 Å². The number of rotatable bonds is 3. The maximum absolute atomic E-state index is 8.83. The number of piperidine rings is 1. The number of aromatic nitrogens is 1. The van der Waals surface area contributed by atoms with Gasteiger partial charge in [-0.2, -0.15) is 0 Å². The molecule has 1 aromatic rings. The van der Waals surface area contributed by atoms with Gasteiger partial charge in [-0.1, -0.05) is 19.0 Å². The summed E-state index contributed by atoms with van der Waals surface area (Å²) in [5.74, 6) is 1.60. The number of oxime groups is 1. The van der Waals surface area contributed by atoms with Gasteiger partial charge in [-0.15, -0.1) is 0 Å². The Morgan fingerprint density at radius 2 is 2.16 bits per heavy atom. The van der Waals surface area contributed by atoms with Crippen molar-refractivity contribution in [3.8, 4) is 0 Å². The predicted octanol–water partition coefficient (Wildman–Crippen LogP) is 2.05. The van der Waals surface area contributed by atoms with E-state index in [4.69, 9.17) is 10.9 Å². The fourth-order valence-electron chi connectivity index (χ4n) is 2.70. The standard InChI is InChI=1S/C14H22N4O/c1-10(2)11-5-8-18(9-6-11)12-4-3-7-16-13(12)14(15)17-19/h3-4,7,10-11,19H,5-6,8-9H2,1-2H3,(H2,15,17). The quantitative estimate of drug-likeness (QED) is 0.378. The molecule has 0 spiro atoms. The van der Waals surface area contributed by atoms with E-state index in [0.29, 0.717) is 5.69 Å². The van der Waals surface area contributed by atoms with Gasteiger partial charge in [0, 0.05) is 19.3 Å². The first-order valence-corrected chi connectivity index (χ1v) is 6.81. The molecule has 1 aromatic heterocycles. The SMILES string of the molecule is CC(C)C1CCN(c2cccnc2/C(N)=N/O)CC1. The number of hydrogen-bond acceptors (Lipinski definition) is 4. The molecule has 1 fully saturated rings. The van der Waals surface area contributed by atoms with Gasteiger partial charge in [-0.25, -0.2) is 0 Å². The van der Waals surface area contributed by atoms with Crippen molar-refractivity contribution >= 4 is 11.5 Å². The molecule has 0 bridgehead atoms. The zero-order chi connectivity index (χ0) is 13.8. The molecule has 5 nitrogen and oxygen atoms in total. The van der Waals surface area contributed by atoms with E-state index < -0.39 is 0 Å². The van der Waals surface area contributed by atoms with Crippen molar-refractivity contribution in [2.24, 2.45) is 22.7 Å². The largest absolute Gasteiger partial charge is 0.409 e. The normalized spacial score (nSPS) is 18.1. The van der Waals surface area contributed by atoms with Gasteiger partial charge < -0.3 is 15.8 Å². The van der Waals surface area contributed by atoms with Crippen LogP contribution in [-0.2, 0) is 0 Å². The Balaban J connectivity index is 2.16. The highest BCUT2D eigenvalue weighted by molar-refractivity contribution is 6.00. The van der Waals surface area contributed by atoms with Crippen LogP contribution in [0.15, 0.2) is 23.5 Å². The van der Waals surface area contributed by atoms with Gasteiger partial charge in [0.05, 0.1) is 5.69 Å². The molecule has 0 aromatic carbocycles. The van der Waals surface area contributed by atoms with E-state index in [-0.39, 0.29) is 5.84 Å². The number of pyridine rings is 1. The average molecular weight is 262 g/mol. The van der Waals surface area contributed by atoms with E-state index in [9.17, 15) is 0 Å². The summed E-state index contributed by atoms with van der Waals surface area (Å²) in [7, 11) is 0. The Labute approximate surface area is 114 Å². The van der Waals surface area contributed by atoms with Crippen LogP contribution in [0.2, 0.25) is 0 Å².